The highest BCUT2D eigenvalue weighted by Gasteiger charge is 1.99. The van der Waals surface area contributed by atoms with Gasteiger partial charge >= 0.3 is 0 Å². The van der Waals surface area contributed by atoms with Gasteiger partial charge in [-0.05, 0) is 41.5 Å². The largest absolute Gasteiger partial charge is 0.309 e. The predicted octanol–water partition coefficient (Wildman–Crippen LogP) is 4.48. The van der Waals surface area contributed by atoms with Gasteiger partial charge in [-0.3, -0.25) is 0 Å². The monoisotopic (exact) mass is 267 g/mol. The van der Waals surface area contributed by atoms with E-state index in [1.54, 1.807) is 0 Å². The van der Waals surface area contributed by atoms with Crippen molar-refractivity contribution in [3.8, 4) is 0 Å². The highest BCUT2D eigenvalue weighted by atomic mass is 14.8. The van der Waals surface area contributed by atoms with Crippen LogP contribution in [0.2, 0.25) is 0 Å². The third-order valence-electron chi connectivity index (χ3n) is 3.57. The zero-order valence-corrected chi connectivity index (χ0v) is 12.8. The van der Waals surface area contributed by atoms with Crippen molar-refractivity contribution >= 4 is 0 Å². The molecule has 0 heterocycles. The lowest BCUT2D eigenvalue weighted by Gasteiger charge is -2.09. The van der Waals surface area contributed by atoms with Crippen LogP contribution in [0, 0.1) is 12.8 Å². The quantitative estimate of drug-likeness (QED) is 0.813. The molecule has 0 unspecified atom stereocenters. The van der Waals surface area contributed by atoms with Crippen molar-refractivity contribution in [3.05, 3.63) is 70.8 Å². The summed E-state index contributed by atoms with van der Waals surface area (Å²) < 4.78 is 0. The molecule has 0 aliphatic heterocycles. The second kappa shape index (κ2) is 7.25. The molecule has 0 atom stereocenters. The summed E-state index contributed by atoms with van der Waals surface area (Å²) in [6.07, 6.45) is 1.16. The molecule has 2 aromatic carbocycles. The lowest BCUT2D eigenvalue weighted by atomic mass is 10.0. The summed E-state index contributed by atoms with van der Waals surface area (Å²) in [6, 6.07) is 17.5. The van der Waals surface area contributed by atoms with Crippen molar-refractivity contribution in [3.63, 3.8) is 0 Å². The van der Waals surface area contributed by atoms with Crippen molar-refractivity contribution < 1.29 is 0 Å². The predicted molar refractivity (Wildman–Crippen MR) is 86.7 cm³/mol. The van der Waals surface area contributed by atoms with Crippen LogP contribution in [0.25, 0.3) is 0 Å². The number of hydrogen-bond acceptors (Lipinski definition) is 1. The number of rotatable bonds is 6. The molecule has 2 rings (SSSR count). The Kier molecular flexibility index (Phi) is 5.37. The molecule has 0 aromatic heterocycles. The van der Waals surface area contributed by atoms with E-state index < -0.39 is 0 Å². The maximum absolute atomic E-state index is 3.52. The van der Waals surface area contributed by atoms with E-state index in [0.717, 1.165) is 25.4 Å². The highest BCUT2D eigenvalue weighted by molar-refractivity contribution is 5.26. The van der Waals surface area contributed by atoms with Crippen molar-refractivity contribution in [1.82, 2.24) is 5.32 Å². The summed E-state index contributed by atoms with van der Waals surface area (Å²) in [4.78, 5) is 0. The van der Waals surface area contributed by atoms with Gasteiger partial charge in [-0.2, -0.15) is 0 Å². The summed E-state index contributed by atoms with van der Waals surface area (Å²) >= 11 is 0. The number of benzene rings is 2. The van der Waals surface area contributed by atoms with Gasteiger partial charge in [-0.25, -0.2) is 0 Å². The first kappa shape index (κ1) is 14.8. The number of hydrogen-bond donors (Lipinski definition) is 1. The zero-order chi connectivity index (χ0) is 14.4. The third kappa shape index (κ3) is 4.50. The van der Waals surface area contributed by atoms with Gasteiger partial charge in [0.1, 0.15) is 0 Å². The van der Waals surface area contributed by atoms with Gasteiger partial charge in [0.25, 0.3) is 0 Å². The van der Waals surface area contributed by atoms with E-state index in [0.29, 0.717) is 0 Å². The Morgan fingerprint density at radius 1 is 0.850 bits per heavy atom. The molecule has 0 saturated carbocycles. The lowest BCUT2D eigenvalue weighted by Crippen LogP contribution is -2.13. The van der Waals surface area contributed by atoms with Gasteiger partial charge < -0.3 is 5.32 Å². The minimum absolute atomic E-state index is 0.722. The minimum atomic E-state index is 0.722. The van der Waals surface area contributed by atoms with Crippen molar-refractivity contribution in [1.29, 1.82) is 0 Å². The molecule has 0 fully saturated rings. The maximum atomic E-state index is 3.52. The first-order valence-electron chi connectivity index (χ1n) is 7.48. The van der Waals surface area contributed by atoms with Crippen LogP contribution in [0.3, 0.4) is 0 Å². The van der Waals surface area contributed by atoms with E-state index in [1.807, 2.05) is 0 Å². The number of nitrogens with one attached hydrogen (secondary N) is 1. The van der Waals surface area contributed by atoms with Gasteiger partial charge in [0.05, 0.1) is 0 Å². The molecular formula is C19H25N. The third-order valence-corrected chi connectivity index (χ3v) is 3.57. The van der Waals surface area contributed by atoms with Crippen LogP contribution < -0.4 is 5.32 Å². The van der Waals surface area contributed by atoms with Gasteiger partial charge in [-0.15, -0.1) is 0 Å². The molecule has 0 aliphatic rings. The van der Waals surface area contributed by atoms with Crippen LogP contribution in [0.15, 0.2) is 48.5 Å². The van der Waals surface area contributed by atoms with Gasteiger partial charge in [0.15, 0.2) is 0 Å². The van der Waals surface area contributed by atoms with Crippen LogP contribution in [0.4, 0.5) is 0 Å². The molecule has 0 radical (unpaired) electrons. The lowest BCUT2D eigenvalue weighted by molar-refractivity contribution is 0.646. The van der Waals surface area contributed by atoms with Crippen LogP contribution >= 0.6 is 0 Å². The molecule has 1 heteroatoms. The molecule has 1 nitrogen and oxygen atoms in total. The van der Waals surface area contributed by atoms with E-state index in [4.69, 9.17) is 0 Å². The summed E-state index contributed by atoms with van der Waals surface area (Å²) in [5.74, 6) is 0.722. The van der Waals surface area contributed by atoms with E-state index in [9.17, 15) is 0 Å². The fraction of sp³-hybridized carbons (Fsp3) is 0.368. The molecule has 2 aromatic rings. The molecule has 0 saturated heterocycles. The summed E-state index contributed by atoms with van der Waals surface area (Å²) in [5.41, 5.74) is 5.52. The van der Waals surface area contributed by atoms with Gasteiger partial charge in [0.2, 0.25) is 0 Å². The Labute approximate surface area is 123 Å². The molecule has 20 heavy (non-hydrogen) atoms. The maximum Gasteiger partial charge on any atom is 0.0211 e. The van der Waals surface area contributed by atoms with Gasteiger partial charge in [0, 0.05) is 13.1 Å². The van der Waals surface area contributed by atoms with E-state index in [1.165, 1.54) is 22.3 Å². The Morgan fingerprint density at radius 2 is 1.50 bits per heavy atom. The van der Waals surface area contributed by atoms with Crippen molar-refractivity contribution in [2.75, 3.05) is 0 Å². The summed E-state index contributed by atoms with van der Waals surface area (Å²) in [7, 11) is 0. The average molecular weight is 267 g/mol. The van der Waals surface area contributed by atoms with Crippen LogP contribution in [-0.4, -0.2) is 0 Å². The molecule has 0 aliphatic carbocycles. The van der Waals surface area contributed by atoms with E-state index in [-0.39, 0.29) is 0 Å². The Hall–Kier alpha value is -1.60. The van der Waals surface area contributed by atoms with Crippen molar-refractivity contribution in [2.24, 2.45) is 5.92 Å². The molecule has 106 valence electrons. The second-order valence-electron chi connectivity index (χ2n) is 5.94. The molecule has 0 bridgehead atoms. The normalized spacial score (nSPS) is 11.0. The molecule has 1 N–H and O–H groups in total. The number of aryl methyl sites for hydroxylation is 1. The topological polar surface area (TPSA) is 12.0 Å². The second-order valence-corrected chi connectivity index (χ2v) is 5.94. The molecular weight excluding hydrogens is 242 g/mol. The van der Waals surface area contributed by atoms with Crippen LogP contribution in [0.1, 0.15) is 36.1 Å². The first-order chi connectivity index (χ1) is 9.65. The summed E-state index contributed by atoms with van der Waals surface area (Å²) in [6.45, 7) is 8.55. The van der Waals surface area contributed by atoms with E-state index >= 15 is 0 Å². The Bertz CT molecular complexity index is 526. The molecule has 0 spiro atoms. The van der Waals surface area contributed by atoms with Crippen LogP contribution in [0.5, 0.6) is 0 Å². The minimum Gasteiger partial charge on any atom is -0.309 e. The highest BCUT2D eigenvalue weighted by Crippen LogP contribution is 2.10. The smallest absolute Gasteiger partial charge is 0.0211 e. The molecule has 0 amide bonds. The van der Waals surface area contributed by atoms with Crippen molar-refractivity contribution in [2.45, 2.75) is 40.3 Å². The SMILES string of the molecule is Cc1ccccc1CNCc1ccc(CC(C)C)cc1. The van der Waals surface area contributed by atoms with Crippen LogP contribution in [-0.2, 0) is 19.5 Å². The fourth-order valence-corrected chi connectivity index (χ4v) is 2.41. The Morgan fingerprint density at radius 3 is 2.15 bits per heavy atom. The van der Waals surface area contributed by atoms with E-state index in [2.05, 4.69) is 74.6 Å². The summed E-state index contributed by atoms with van der Waals surface area (Å²) in [5, 5.41) is 3.52. The Balaban J connectivity index is 1.84. The van der Waals surface area contributed by atoms with Gasteiger partial charge in [-0.1, -0.05) is 62.4 Å². The standard InChI is InChI=1S/C19H25N/c1-15(2)12-17-8-10-18(11-9-17)13-20-14-19-7-5-4-6-16(19)3/h4-11,15,20H,12-14H2,1-3H3. The average Bonchev–Trinajstić information content (AvgIpc) is 2.42. The zero-order valence-electron chi connectivity index (χ0n) is 12.8. The first-order valence-corrected chi connectivity index (χ1v) is 7.48. The fourth-order valence-electron chi connectivity index (χ4n) is 2.41.